The summed E-state index contributed by atoms with van der Waals surface area (Å²) in [6.07, 6.45) is 1.62. The Morgan fingerprint density at radius 2 is 1.94 bits per heavy atom. The van der Waals surface area contributed by atoms with Crippen LogP contribution in [0.1, 0.15) is 18.9 Å². The maximum absolute atomic E-state index is 8.56. The van der Waals surface area contributed by atoms with Crippen molar-refractivity contribution in [1.82, 2.24) is 4.90 Å². The van der Waals surface area contributed by atoms with Crippen molar-refractivity contribution < 1.29 is 4.74 Å². The number of hydrogen-bond donors (Lipinski definition) is 0. The Bertz CT molecular complexity index is 353. The number of benzene rings is 1. The minimum Gasteiger partial charge on any atom is -0.497 e. The molecule has 0 aliphatic heterocycles. The van der Waals surface area contributed by atoms with Gasteiger partial charge in [0.2, 0.25) is 0 Å². The quantitative estimate of drug-likeness (QED) is 0.724. The molecule has 3 nitrogen and oxygen atoms in total. The fourth-order valence-corrected chi connectivity index (χ4v) is 1.72. The van der Waals surface area contributed by atoms with Crippen molar-refractivity contribution in [3.63, 3.8) is 0 Å². The van der Waals surface area contributed by atoms with Crippen molar-refractivity contribution in [3.05, 3.63) is 29.8 Å². The van der Waals surface area contributed by atoms with Gasteiger partial charge in [-0.3, -0.25) is 0 Å². The third kappa shape index (κ3) is 4.88. The van der Waals surface area contributed by atoms with Crippen LogP contribution in [0.4, 0.5) is 0 Å². The number of rotatable bonds is 7. The van der Waals surface area contributed by atoms with Crippen LogP contribution >= 0.6 is 0 Å². The summed E-state index contributed by atoms with van der Waals surface area (Å²) in [6, 6.07) is 10.3. The van der Waals surface area contributed by atoms with Crippen LogP contribution in [-0.4, -0.2) is 31.6 Å². The van der Waals surface area contributed by atoms with Gasteiger partial charge in [-0.1, -0.05) is 19.1 Å². The van der Waals surface area contributed by atoms with Gasteiger partial charge in [0.25, 0.3) is 0 Å². The number of methoxy groups -OCH3 is 1. The Kier molecular flexibility index (Phi) is 6.13. The van der Waals surface area contributed by atoms with Gasteiger partial charge in [-0.05, 0) is 30.7 Å². The van der Waals surface area contributed by atoms with E-state index >= 15 is 0 Å². The van der Waals surface area contributed by atoms with E-state index in [4.69, 9.17) is 10.00 Å². The Labute approximate surface area is 104 Å². The first kappa shape index (κ1) is 13.5. The van der Waals surface area contributed by atoms with E-state index in [9.17, 15) is 0 Å². The lowest BCUT2D eigenvalue weighted by Gasteiger charge is -2.18. The summed E-state index contributed by atoms with van der Waals surface area (Å²) < 4.78 is 5.12. The lowest BCUT2D eigenvalue weighted by atomic mass is 10.1. The van der Waals surface area contributed by atoms with Gasteiger partial charge in [-0.15, -0.1) is 0 Å². The van der Waals surface area contributed by atoms with Crippen LogP contribution in [0, 0.1) is 11.3 Å². The molecule has 0 amide bonds. The molecule has 0 fully saturated rings. The SMILES string of the molecule is CCN(CCC#N)CCc1ccc(OC)cc1. The van der Waals surface area contributed by atoms with Crippen molar-refractivity contribution in [3.8, 4) is 11.8 Å². The Hall–Kier alpha value is -1.53. The number of likely N-dealkylation sites (N-methyl/N-ethyl adjacent to an activating group) is 1. The third-order valence-electron chi connectivity index (χ3n) is 2.86. The van der Waals surface area contributed by atoms with Crippen molar-refractivity contribution >= 4 is 0 Å². The van der Waals surface area contributed by atoms with E-state index in [0.717, 1.165) is 31.8 Å². The van der Waals surface area contributed by atoms with Gasteiger partial charge in [-0.2, -0.15) is 5.26 Å². The van der Waals surface area contributed by atoms with Gasteiger partial charge in [0.15, 0.2) is 0 Å². The molecule has 0 saturated carbocycles. The van der Waals surface area contributed by atoms with Crippen LogP contribution < -0.4 is 4.74 Å². The molecule has 1 rings (SSSR count). The molecule has 0 atom stereocenters. The molecule has 0 spiro atoms. The lowest BCUT2D eigenvalue weighted by molar-refractivity contribution is 0.298. The highest BCUT2D eigenvalue weighted by atomic mass is 16.5. The van der Waals surface area contributed by atoms with E-state index in [1.54, 1.807) is 7.11 Å². The monoisotopic (exact) mass is 232 g/mol. The number of nitrogens with zero attached hydrogens (tertiary/aromatic N) is 2. The van der Waals surface area contributed by atoms with E-state index in [0.29, 0.717) is 6.42 Å². The van der Waals surface area contributed by atoms with Crippen molar-refractivity contribution in [2.45, 2.75) is 19.8 Å². The topological polar surface area (TPSA) is 36.3 Å². The largest absolute Gasteiger partial charge is 0.497 e. The Balaban J connectivity index is 2.40. The summed E-state index contributed by atoms with van der Waals surface area (Å²) in [7, 11) is 1.68. The standard InChI is InChI=1S/C14H20N2O/c1-3-16(11-4-10-15)12-9-13-5-7-14(17-2)8-6-13/h5-8H,3-4,9,11-12H2,1-2H3. The molecule has 0 bridgehead atoms. The molecule has 3 heteroatoms. The minimum absolute atomic E-state index is 0.608. The van der Waals surface area contributed by atoms with Gasteiger partial charge in [-0.25, -0.2) is 0 Å². The maximum Gasteiger partial charge on any atom is 0.118 e. The molecule has 0 aromatic heterocycles. The summed E-state index contributed by atoms with van der Waals surface area (Å²) in [4.78, 5) is 2.30. The van der Waals surface area contributed by atoms with Crippen molar-refractivity contribution in [1.29, 1.82) is 5.26 Å². The molecule has 0 unspecified atom stereocenters. The average Bonchev–Trinajstić information content (AvgIpc) is 2.39. The second-order valence-electron chi connectivity index (χ2n) is 3.94. The summed E-state index contributed by atoms with van der Waals surface area (Å²) >= 11 is 0. The van der Waals surface area contributed by atoms with Gasteiger partial charge >= 0.3 is 0 Å². The zero-order valence-electron chi connectivity index (χ0n) is 10.6. The predicted molar refractivity (Wildman–Crippen MR) is 69.0 cm³/mol. The summed E-state index contributed by atoms with van der Waals surface area (Å²) in [5.41, 5.74) is 1.31. The fourth-order valence-electron chi connectivity index (χ4n) is 1.72. The molecule has 0 saturated heterocycles. The summed E-state index contributed by atoms with van der Waals surface area (Å²) in [5.74, 6) is 0.894. The van der Waals surface area contributed by atoms with Crippen LogP contribution in [0.25, 0.3) is 0 Å². The highest BCUT2D eigenvalue weighted by Gasteiger charge is 2.02. The van der Waals surface area contributed by atoms with E-state index in [1.165, 1.54) is 5.56 Å². The molecule has 92 valence electrons. The highest BCUT2D eigenvalue weighted by molar-refractivity contribution is 5.27. The van der Waals surface area contributed by atoms with E-state index in [1.807, 2.05) is 12.1 Å². The van der Waals surface area contributed by atoms with E-state index in [2.05, 4.69) is 30.0 Å². The molecule has 1 aromatic carbocycles. The van der Waals surface area contributed by atoms with E-state index < -0.39 is 0 Å². The maximum atomic E-state index is 8.56. The molecule has 1 aromatic rings. The van der Waals surface area contributed by atoms with Crippen LogP contribution in [0.3, 0.4) is 0 Å². The average molecular weight is 232 g/mol. The smallest absolute Gasteiger partial charge is 0.118 e. The van der Waals surface area contributed by atoms with Gasteiger partial charge in [0.1, 0.15) is 5.75 Å². The zero-order chi connectivity index (χ0) is 12.5. The van der Waals surface area contributed by atoms with E-state index in [-0.39, 0.29) is 0 Å². The highest BCUT2D eigenvalue weighted by Crippen LogP contribution is 2.11. The van der Waals surface area contributed by atoms with Crippen LogP contribution in [0.2, 0.25) is 0 Å². The zero-order valence-corrected chi connectivity index (χ0v) is 10.6. The Morgan fingerprint density at radius 3 is 2.47 bits per heavy atom. The van der Waals surface area contributed by atoms with Gasteiger partial charge in [0.05, 0.1) is 13.2 Å². The number of hydrogen-bond acceptors (Lipinski definition) is 3. The lowest BCUT2D eigenvalue weighted by Crippen LogP contribution is -2.26. The minimum atomic E-state index is 0.608. The first-order chi connectivity index (χ1) is 8.30. The second kappa shape index (κ2) is 7.70. The Morgan fingerprint density at radius 1 is 1.24 bits per heavy atom. The second-order valence-corrected chi connectivity index (χ2v) is 3.94. The molecule has 0 N–H and O–H groups in total. The normalized spacial score (nSPS) is 10.2. The fraction of sp³-hybridized carbons (Fsp3) is 0.500. The van der Waals surface area contributed by atoms with Crippen molar-refractivity contribution in [2.24, 2.45) is 0 Å². The van der Waals surface area contributed by atoms with Crippen LogP contribution in [-0.2, 0) is 6.42 Å². The molecule has 0 aliphatic rings. The molecule has 0 radical (unpaired) electrons. The first-order valence-corrected chi connectivity index (χ1v) is 6.02. The van der Waals surface area contributed by atoms with Gasteiger partial charge in [0, 0.05) is 19.5 Å². The summed E-state index contributed by atoms with van der Waals surface area (Å²) in [5, 5.41) is 8.56. The van der Waals surface area contributed by atoms with Crippen LogP contribution in [0.15, 0.2) is 24.3 Å². The van der Waals surface area contributed by atoms with Crippen molar-refractivity contribution in [2.75, 3.05) is 26.7 Å². The third-order valence-corrected chi connectivity index (χ3v) is 2.86. The predicted octanol–water partition coefficient (Wildman–Crippen LogP) is 2.47. The molecular weight excluding hydrogens is 212 g/mol. The number of nitriles is 1. The molecule has 0 heterocycles. The molecule has 0 aliphatic carbocycles. The number of ether oxygens (including phenoxy) is 1. The molecular formula is C14H20N2O. The first-order valence-electron chi connectivity index (χ1n) is 6.02. The molecule has 17 heavy (non-hydrogen) atoms. The van der Waals surface area contributed by atoms with Gasteiger partial charge < -0.3 is 9.64 Å². The van der Waals surface area contributed by atoms with Crippen LogP contribution in [0.5, 0.6) is 5.75 Å². The summed E-state index contributed by atoms with van der Waals surface area (Å²) in [6.45, 7) is 5.00.